The molecular weight excluding hydrogens is 184 g/mol. The van der Waals surface area contributed by atoms with E-state index < -0.39 is 28.6 Å². The highest BCUT2D eigenvalue weighted by atomic mass is 28.4. The van der Waals surface area contributed by atoms with E-state index in [9.17, 15) is 0 Å². The zero-order valence-electron chi connectivity index (χ0n) is 6.25. The zero-order chi connectivity index (χ0) is 7.45. The Kier molecular flexibility index (Phi) is 3.23. The van der Waals surface area contributed by atoms with Gasteiger partial charge in [-0.2, -0.15) is 0 Å². The molecule has 0 unspecified atom stereocenters. The Morgan fingerprint density at radius 1 is 1.10 bits per heavy atom. The van der Waals surface area contributed by atoms with Gasteiger partial charge in [0.2, 0.25) is 0 Å². The summed E-state index contributed by atoms with van der Waals surface area (Å²) >= 11 is 0. The predicted molar refractivity (Wildman–Crippen MR) is 43.8 cm³/mol. The maximum Gasteiger partial charge on any atom is 0.313 e. The van der Waals surface area contributed by atoms with Crippen molar-refractivity contribution in [3.8, 4) is 0 Å². The van der Waals surface area contributed by atoms with Crippen LogP contribution in [-0.2, 0) is 17.1 Å². The van der Waals surface area contributed by atoms with Crippen molar-refractivity contribution in [1.29, 1.82) is 0 Å². The van der Waals surface area contributed by atoms with Crippen molar-refractivity contribution in [2.24, 2.45) is 0 Å². The molecule has 1 aliphatic rings. The first kappa shape index (κ1) is 8.59. The van der Waals surface area contributed by atoms with Crippen LogP contribution in [0.3, 0.4) is 0 Å². The van der Waals surface area contributed by atoms with Crippen molar-refractivity contribution < 1.29 is 17.1 Å². The molecule has 0 aliphatic carbocycles. The van der Waals surface area contributed by atoms with Crippen LogP contribution < -0.4 is 0 Å². The molecule has 10 heavy (non-hydrogen) atoms. The van der Waals surface area contributed by atoms with Crippen LogP contribution in [0.1, 0.15) is 0 Å². The monoisotopic (exact) mass is 196 g/mol. The molecule has 1 rings (SSSR count). The van der Waals surface area contributed by atoms with Crippen LogP contribution in [0, 0.1) is 0 Å². The van der Waals surface area contributed by atoms with Gasteiger partial charge in [-0.25, -0.2) is 0 Å². The Morgan fingerprint density at radius 2 is 1.60 bits per heavy atom. The highest BCUT2D eigenvalue weighted by Crippen LogP contribution is 2.05. The van der Waals surface area contributed by atoms with E-state index in [2.05, 4.69) is 0 Å². The average Bonchev–Trinajstić information content (AvgIpc) is 1.81. The highest BCUT2D eigenvalue weighted by molar-refractivity contribution is 6.72. The van der Waals surface area contributed by atoms with Gasteiger partial charge in [-0.05, 0) is 13.1 Å². The summed E-state index contributed by atoms with van der Waals surface area (Å²) in [5.74, 6) is 0. The molecule has 7 heteroatoms. The molecule has 60 valence electrons. The fourth-order valence-electron chi connectivity index (χ4n) is 0.536. The van der Waals surface area contributed by atoms with E-state index in [0.29, 0.717) is 6.79 Å². The van der Waals surface area contributed by atoms with Crippen LogP contribution >= 0.6 is 0 Å². The summed E-state index contributed by atoms with van der Waals surface area (Å²) in [7, 11) is -3.44. The summed E-state index contributed by atoms with van der Waals surface area (Å²) in [6.45, 7) is 4.42. The number of hydrogen-bond donors (Lipinski definition) is 0. The molecule has 0 amide bonds. The van der Waals surface area contributed by atoms with Gasteiger partial charge in [0, 0.05) is 0 Å². The zero-order valence-corrected chi connectivity index (χ0v) is 10.1. The average molecular weight is 196 g/mol. The second-order valence-corrected chi connectivity index (χ2v) is 8.85. The largest absolute Gasteiger partial charge is 0.420 e. The number of rotatable bonds is 0. The molecule has 1 heterocycles. The molecule has 0 N–H and O–H groups in total. The third-order valence-corrected chi connectivity index (χ3v) is 8.32. The molecule has 0 saturated carbocycles. The first-order valence-electron chi connectivity index (χ1n) is 3.14. The lowest BCUT2D eigenvalue weighted by Gasteiger charge is -2.25. The topological polar surface area (TPSA) is 36.9 Å². The maximum absolute atomic E-state index is 5.46. The summed E-state index contributed by atoms with van der Waals surface area (Å²) in [6.07, 6.45) is 0. The van der Waals surface area contributed by atoms with Crippen LogP contribution in [0.2, 0.25) is 13.1 Å². The Hall–Kier alpha value is 0.491. The van der Waals surface area contributed by atoms with Crippen molar-refractivity contribution in [2.45, 2.75) is 13.1 Å². The first-order valence-corrected chi connectivity index (χ1v) is 8.27. The second-order valence-electron chi connectivity index (χ2n) is 2.45. The normalized spacial score (nSPS) is 31.8. The minimum atomic E-state index is -1.80. The van der Waals surface area contributed by atoms with Gasteiger partial charge >= 0.3 is 8.56 Å². The van der Waals surface area contributed by atoms with E-state index in [1.807, 2.05) is 13.1 Å². The van der Waals surface area contributed by atoms with Gasteiger partial charge in [-0.3, -0.25) is 0 Å². The van der Waals surface area contributed by atoms with E-state index in [4.69, 9.17) is 17.1 Å². The quantitative estimate of drug-likeness (QED) is 0.453. The van der Waals surface area contributed by atoms with Crippen LogP contribution in [-0.4, -0.2) is 35.4 Å². The first-order chi connectivity index (χ1) is 4.71. The molecule has 0 aromatic carbocycles. The van der Waals surface area contributed by atoms with Crippen molar-refractivity contribution in [3.63, 3.8) is 0 Å². The van der Waals surface area contributed by atoms with Crippen molar-refractivity contribution >= 4 is 28.6 Å². The molecule has 0 aromatic heterocycles. The molecule has 0 aromatic rings. The summed E-state index contributed by atoms with van der Waals surface area (Å²) in [4.78, 5) is 0. The SMILES string of the molecule is C[Si]1(C)O[SiH2]OCO[SiH2]O1. The Balaban J connectivity index is 2.30. The second kappa shape index (κ2) is 3.76. The van der Waals surface area contributed by atoms with E-state index in [0.717, 1.165) is 0 Å². The van der Waals surface area contributed by atoms with Gasteiger partial charge in [0.25, 0.3) is 20.0 Å². The van der Waals surface area contributed by atoms with Gasteiger partial charge in [-0.15, -0.1) is 0 Å². The summed E-state index contributed by atoms with van der Waals surface area (Å²) < 4.78 is 21.1. The lowest BCUT2D eigenvalue weighted by atomic mass is 11.6. The van der Waals surface area contributed by atoms with Gasteiger partial charge in [0.15, 0.2) is 0 Å². The Labute approximate surface area is 66.2 Å². The molecule has 1 aliphatic heterocycles. The van der Waals surface area contributed by atoms with E-state index in [1.165, 1.54) is 0 Å². The molecule has 1 saturated heterocycles. The van der Waals surface area contributed by atoms with E-state index >= 15 is 0 Å². The fourth-order valence-corrected chi connectivity index (χ4v) is 5.16. The minimum absolute atomic E-state index is 0.378. The van der Waals surface area contributed by atoms with Gasteiger partial charge in [0.05, 0.1) is 0 Å². The summed E-state index contributed by atoms with van der Waals surface area (Å²) in [5.41, 5.74) is 0. The fraction of sp³-hybridized carbons (Fsp3) is 1.00. The van der Waals surface area contributed by atoms with Crippen LogP contribution in [0.15, 0.2) is 0 Å². The third kappa shape index (κ3) is 3.05. The Morgan fingerprint density at radius 3 is 2.10 bits per heavy atom. The van der Waals surface area contributed by atoms with Gasteiger partial charge in [-0.1, -0.05) is 0 Å². The van der Waals surface area contributed by atoms with E-state index in [1.54, 1.807) is 0 Å². The molecule has 0 radical (unpaired) electrons. The van der Waals surface area contributed by atoms with Crippen LogP contribution in [0.5, 0.6) is 0 Å². The van der Waals surface area contributed by atoms with Gasteiger partial charge in [0.1, 0.15) is 6.79 Å². The molecule has 4 nitrogen and oxygen atoms in total. The van der Waals surface area contributed by atoms with Crippen LogP contribution in [0.4, 0.5) is 0 Å². The Bertz CT molecular complexity index is 97.9. The highest BCUT2D eigenvalue weighted by Gasteiger charge is 2.25. The van der Waals surface area contributed by atoms with Crippen molar-refractivity contribution in [3.05, 3.63) is 0 Å². The lowest BCUT2D eigenvalue weighted by molar-refractivity contribution is 0.0857. The molecule has 0 bridgehead atoms. The molecule has 0 spiro atoms. The number of hydrogen-bond acceptors (Lipinski definition) is 4. The van der Waals surface area contributed by atoms with Crippen LogP contribution in [0.25, 0.3) is 0 Å². The lowest BCUT2D eigenvalue weighted by Crippen LogP contribution is -2.41. The molecule has 1 fully saturated rings. The predicted octanol–water partition coefficient (Wildman–Crippen LogP) is -1.28. The summed E-state index contributed by atoms with van der Waals surface area (Å²) in [6, 6.07) is 0. The third-order valence-electron chi connectivity index (χ3n) is 1.15. The summed E-state index contributed by atoms with van der Waals surface area (Å²) in [5, 5.41) is 0. The maximum atomic E-state index is 5.46. The molecule has 0 atom stereocenters. The van der Waals surface area contributed by atoms with Crippen molar-refractivity contribution in [2.75, 3.05) is 6.79 Å². The van der Waals surface area contributed by atoms with Gasteiger partial charge < -0.3 is 17.1 Å². The minimum Gasteiger partial charge on any atom is -0.420 e. The standard InChI is InChI=1S/C3H12O4Si3/c1-10(2)6-8-4-3-5-9-7-10/h3,8-9H2,1-2H3. The molecular formula is C3H12O4Si3. The van der Waals surface area contributed by atoms with Crippen molar-refractivity contribution in [1.82, 2.24) is 0 Å². The van der Waals surface area contributed by atoms with E-state index in [-0.39, 0.29) is 0 Å². The smallest absolute Gasteiger partial charge is 0.313 e.